The monoisotopic (exact) mass is 427 g/mol. The average Bonchev–Trinajstić information content (AvgIpc) is 2.71. The smallest absolute Gasteiger partial charge is 0.282 e. The van der Waals surface area contributed by atoms with Crippen molar-refractivity contribution in [3.05, 3.63) is 69.3 Å². The Morgan fingerprint density at radius 2 is 1.83 bits per heavy atom. The molecule has 1 N–H and O–H groups in total. The fraction of sp³-hybridized carbons (Fsp3) is 0.435. The summed E-state index contributed by atoms with van der Waals surface area (Å²) >= 11 is 1.45. The molecular weight excluding hydrogens is 398 g/mol. The van der Waals surface area contributed by atoms with Crippen LogP contribution in [0, 0.1) is 22.0 Å². The van der Waals surface area contributed by atoms with E-state index in [1.54, 1.807) is 12.1 Å². The lowest BCUT2D eigenvalue weighted by atomic mass is 9.91. The van der Waals surface area contributed by atoms with Gasteiger partial charge in [0.05, 0.1) is 4.92 Å². The van der Waals surface area contributed by atoms with Gasteiger partial charge in [0, 0.05) is 37.1 Å². The van der Waals surface area contributed by atoms with E-state index in [2.05, 4.69) is 30.1 Å². The van der Waals surface area contributed by atoms with Crippen molar-refractivity contribution in [1.29, 1.82) is 0 Å². The summed E-state index contributed by atoms with van der Waals surface area (Å²) in [6.07, 6.45) is 3.14. The van der Waals surface area contributed by atoms with Crippen LogP contribution >= 0.6 is 11.8 Å². The van der Waals surface area contributed by atoms with Crippen molar-refractivity contribution in [2.45, 2.75) is 38.3 Å². The molecule has 160 valence electrons. The van der Waals surface area contributed by atoms with Gasteiger partial charge in [0.1, 0.15) is 5.56 Å². The van der Waals surface area contributed by atoms with E-state index in [4.69, 9.17) is 0 Å². The zero-order chi connectivity index (χ0) is 21.7. The third kappa shape index (κ3) is 5.61. The Kier molecular flexibility index (Phi) is 7.50. The number of hydrogen-bond donors (Lipinski definition) is 1. The highest BCUT2D eigenvalue weighted by Gasteiger charge is 2.23. The second kappa shape index (κ2) is 10.1. The first-order chi connectivity index (χ1) is 14.4. The number of nitrogens with one attached hydrogen (secondary N) is 1. The van der Waals surface area contributed by atoms with Gasteiger partial charge in [0.2, 0.25) is 0 Å². The minimum Gasteiger partial charge on any atom is -0.348 e. The summed E-state index contributed by atoms with van der Waals surface area (Å²) in [5.74, 6) is 0.947. The predicted octanol–water partition coefficient (Wildman–Crippen LogP) is 4.72. The van der Waals surface area contributed by atoms with E-state index in [9.17, 15) is 14.9 Å². The van der Waals surface area contributed by atoms with Crippen LogP contribution in [0.15, 0.2) is 47.4 Å². The van der Waals surface area contributed by atoms with Gasteiger partial charge in [-0.15, -0.1) is 11.8 Å². The molecule has 0 bridgehead atoms. The minimum atomic E-state index is -0.508. The first-order valence-electron chi connectivity index (χ1n) is 10.3. The summed E-state index contributed by atoms with van der Waals surface area (Å²) in [7, 11) is 0. The van der Waals surface area contributed by atoms with Gasteiger partial charge in [-0.05, 0) is 47.8 Å². The van der Waals surface area contributed by atoms with E-state index in [0.717, 1.165) is 30.1 Å². The third-order valence-electron chi connectivity index (χ3n) is 5.54. The molecule has 3 rings (SSSR count). The van der Waals surface area contributed by atoms with E-state index in [0.29, 0.717) is 18.4 Å². The second-order valence-corrected chi connectivity index (χ2v) is 9.11. The van der Waals surface area contributed by atoms with Crippen LogP contribution in [-0.4, -0.2) is 35.1 Å². The van der Waals surface area contributed by atoms with Crippen molar-refractivity contribution in [3.8, 4) is 0 Å². The maximum atomic E-state index is 12.8. The van der Waals surface area contributed by atoms with Crippen molar-refractivity contribution in [2.24, 2.45) is 11.8 Å². The van der Waals surface area contributed by atoms with E-state index < -0.39 is 10.8 Å². The number of benzene rings is 2. The predicted molar refractivity (Wildman–Crippen MR) is 121 cm³/mol. The molecule has 0 radical (unpaired) electrons. The maximum absolute atomic E-state index is 12.8. The molecule has 0 spiro atoms. The fourth-order valence-corrected chi connectivity index (χ4v) is 4.74. The summed E-state index contributed by atoms with van der Waals surface area (Å²) in [6, 6.07) is 12.7. The molecule has 1 fully saturated rings. The van der Waals surface area contributed by atoms with E-state index in [1.807, 2.05) is 24.5 Å². The van der Waals surface area contributed by atoms with Crippen molar-refractivity contribution in [2.75, 3.05) is 19.3 Å². The number of likely N-dealkylation sites (tertiary alicyclic amines) is 1. The molecule has 0 saturated carbocycles. The van der Waals surface area contributed by atoms with Crippen LogP contribution in [0.4, 0.5) is 5.69 Å². The SMILES string of the molecule is CSc1ccc([N+](=O)[O-])c(C(=O)NCc2ccccc2CN2CC(C)CC(C)C2)c1. The molecule has 1 amide bonds. The van der Waals surface area contributed by atoms with Crippen LogP contribution in [0.3, 0.4) is 0 Å². The average molecular weight is 428 g/mol. The Balaban J connectivity index is 1.72. The summed E-state index contributed by atoms with van der Waals surface area (Å²) in [5, 5.41) is 14.2. The van der Waals surface area contributed by atoms with E-state index in [1.165, 1.54) is 29.8 Å². The second-order valence-electron chi connectivity index (χ2n) is 8.23. The number of thioether (sulfide) groups is 1. The number of hydrogen-bond acceptors (Lipinski definition) is 5. The van der Waals surface area contributed by atoms with Crippen LogP contribution in [-0.2, 0) is 13.1 Å². The van der Waals surface area contributed by atoms with Crippen LogP contribution in [0.25, 0.3) is 0 Å². The molecule has 30 heavy (non-hydrogen) atoms. The van der Waals surface area contributed by atoms with Gasteiger partial charge in [-0.25, -0.2) is 0 Å². The molecule has 7 heteroatoms. The largest absolute Gasteiger partial charge is 0.348 e. The fourth-order valence-electron chi connectivity index (χ4n) is 4.30. The van der Waals surface area contributed by atoms with Gasteiger partial charge >= 0.3 is 0 Å². The molecule has 1 heterocycles. The molecule has 1 aliphatic heterocycles. The Bertz CT molecular complexity index is 908. The van der Waals surface area contributed by atoms with E-state index >= 15 is 0 Å². The topological polar surface area (TPSA) is 75.5 Å². The molecule has 2 aromatic carbocycles. The van der Waals surface area contributed by atoms with Gasteiger partial charge in [0.15, 0.2) is 0 Å². The molecule has 2 atom stereocenters. The first kappa shape index (κ1) is 22.3. The third-order valence-corrected chi connectivity index (χ3v) is 6.27. The number of amides is 1. The number of carbonyl (C=O) groups is 1. The zero-order valence-corrected chi connectivity index (χ0v) is 18.6. The Labute approximate surface area is 182 Å². The quantitative estimate of drug-likeness (QED) is 0.393. The van der Waals surface area contributed by atoms with Crippen molar-refractivity contribution in [3.63, 3.8) is 0 Å². The number of carbonyl (C=O) groups excluding carboxylic acids is 1. The van der Waals surface area contributed by atoms with Gasteiger partial charge in [-0.3, -0.25) is 19.8 Å². The summed E-state index contributed by atoms with van der Waals surface area (Å²) in [4.78, 5) is 26.9. The van der Waals surface area contributed by atoms with Gasteiger partial charge in [-0.1, -0.05) is 38.1 Å². The highest BCUT2D eigenvalue weighted by Crippen LogP contribution is 2.26. The molecule has 1 aliphatic rings. The lowest BCUT2D eigenvalue weighted by Gasteiger charge is -2.35. The molecule has 2 unspecified atom stereocenters. The molecule has 0 aromatic heterocycles. The number of nitro benzene ring substituents is 1. The number of rotatable bonds is 7. The Morgan fingerprint density at radius 3 is 2.47 bits per heavy atom. The standard InChI is InChI=1S/C23H29N3O3S/c1-16-10-17(2)14-25(13-16)15-19-7-5-4-6-18(19)12-24-23(27)21-11-20(30-3)8-9-22(21)26(28)29/h4-9,11,16-17H,10,12-15H2,1-3H3,(H,24,27). The van der Waals surface area contributed by atoms with Crippen LogP contribution < -0.4 is 5.32 Å². The number of nitrogens with zero attached hydrogens (tertiary/aromatic N) is 2. The van der Waals surface area contributed by atoms with Gasteiger partial charge in [-0.2, -0.15) is 0 Å². The van der Waals surface area contributed by atoms with Crippen LogP contribution in [0.1, 0.15) is 41.8 Å². The van der Waals surface area contributed by atoms with Crippen LogP contribution in [0.2, 0.25) is 0 Å². The molecule has 2 aromatic rings. The Morgan fingerprint density at radius 1 is 1.17 bits per heavy atom. The minimum absolute atomic E-state index is 0.100. The lowest BCUT2D eigenvalue weighted by Crippen LogP contribution is -2.38. The lowest BCUT2D eigenvalue weighted by molar-refractivity contribution is -0.385. The van der Waals surface area contributed by atoms with E-state index in [-0.39, 0.29) is 11.3 Å². The summed E-state index contributed by atoms with van der Waals surface area (Å²) in [5.41, 5.74) is 2.16. The highest BCUT2D eigenvalue weighted by molar-refractivity contribution is 7.98. The van der Waals surface area contributed by atoms with Crippen LogP contribution in [0.5, 0.6) is 0 Å². The summed E-state index contributed by atoms with van der Waals surface area (Å²) < 4.78 is 0. The molecule has 1 saturated heterocycles. The highest BCUT2D eigenvalue weighted by atomic mass is 32.2. The number of nitro groups is 1. The molecular formula is C23H29N3O3S. The zero-order valence-electron chi connectivity index (χ0n) is 17.8. The van der Waals surface area contributed by atoms with Crippen molar-refractivity contribution >= 4 is 23.4 Å². The van der Waals surface area contributed by atoms with Gasteiger partial charge in [0.25, 0.3) is 11.6 Å². The molecule has 0 aliphatic carbocycles. The van der Waals surface area contributed by atoms with Crippen molar-refractivity contribution < 1.29 is 9.72 Å². The number of piperidine rings is 1. The first-order valence-corrected chi connectivity index (χ1v) is 11.5. The van der Waals surface area contributed by atoms with Gasteiger partial charge < -0.3 is 5.32 Å². The maximum Gasteiger partial charge on any atom is 0.282 e. The normalized spacial score (nSPS) is 19.4. The molecule has 6 nitrogen and oxygen atoms in total. The summed E-state index contributed by atoms with van der Waals surface area (Å²) in [6.45, 7) is 7.95. The Hall–Kier alpha value is -2.38. The van der Waals surface area contributed by atoms with Crippen molar-refractivity contribution in [1.82, 2.24) is 10.2 Å².